The summed E-state index contributed by atoms with van der Waals surface area (Å²) in [7, 11) is 0. The molecular formula is C14H15ClN4O. The SMILES string of the molecule is Clc1cc(Nc2ccccc2)nc(N2CCOCC2)n1. The third-order valence-corrected chi connectivity index (χ3v) is 3.22. The van der Waals surface area contributed by atoms with E-state index in [1.54, 1.807) is 6.07 Å². The van der Waals surface area contributed by atoms with Crippen molar-refractivity contribution in [1.82, 2.24) is 9.97 Å². The lowest BCUT2D eigenvalue weighted by Crippen LogP contribution is -2.37. The van der Waals surface area contributed by atoms with Crippen molar-refractivity contribution < 1.29 is 4.74 Å². The highest BCUT2D eigenvalue weighted by molar-refractivity contribution is 6.29. The molecule has 1 saturated heterocycles. The van der Waals surface area contributed by atoms with Crippen LogP contribution in [-0.4, -0.2) is 36.3 Å². The Hall–Kier alpha value is -1.85. The number of halogens is 1. The van der Waals surface area contributed by atoms with Gasteiger partial charge in [0.05, 0.1) is 13.2 Å². The molecular weight excluding hydrogens is 276 g/mol. The van der Waals surface area contributed by atoms with Crippen molar-refractivity contribution in [2.24, 2.45) is 0 Å². The third kappa shape index (κ3) is 3.18. The summed E-state index contributed by atoms with van der Waals surface area (Å²) in [6, 6.07) is 11.6. The summed E-state index contributed by atoms with van der Waals surface area (Å²) in [5.41, 5.74) is 0.968. The smallest absolute Gasteiger partial charge is 0.228 e. The fraction of sp³-hybridized carbons (Fsp3) is 0.286. The van der Waals surface area contributed by atoms with Gasteiger partial charge < -0.3 is 15.0 Å². The molecule has 104 valence electrons. The van der Waals surface area contributed by atoms with Gasteiger partial charge in [0.25, 0.3) is 0 Å². The number of anilines is 3. The van der Waals surface area contributed by atoms with Crippen LogP contribution in [0.15, 0.2) is 36.4 Å². The monoisotopic (exact) mass is 290 g/mol. The standard InChI is InChI=1S/C14H15ClN4O/c15-12-10-13(16-11-4-2-1-3-5-11)18-14(17-12)19-6-8-20-9-7-19/h1-5,10H,6-9H2,(H,16,17,18). The van der Waals surface area contributed by atoms with E-state index >= 15 is 0 Å². The van der Waals surface area contributed by atoms with Gasteiger partial charge in [0.2, 0.25) is 5.95 Å². The molecule has 2 heterocycles. The molecule has 6 heteroatoms. The topological polar surface area (TPSA) is 50.3 Å². The van der Waals surface area contributed by atoms with Crippen molar-refractivity contribution in [3.05, 3.63) is 41.6 Å². The zero-order valence-corrected chi connectivity index (χ0v) is 11.7. The first-order valence-electron chi connectivity index (χ1n) is 6.50. The fourth-order valence-corrected chi connectivity index (χ4v) is 2.22. The van der Waals surface area contributed by atoms with Gasteiger partial charge >= 0.3 is 0 Å². The van der Waals surface area contributed by atoms with Crippen LogP contribution >= 0.6 is 11.6 Å². The average molecular weight is 291 g/mol. The van der Waals surface area contributed by atoms with Gasteiger partial charge in [-0.1, -0.05) is 29.8 Å². The maximum absolute atomic E-state index is 6.09. The van der Waals surface area contributed by atoms with Gasteiger partial charge in [-0.3, -0.25) is 0 Å². The van der Waals surface area contributed by atoms with Crippen LogP contribution in [0.1, 0.15) is 0 Å². The molecule has 2 aromatic rings. The van der Waals surface area contributed by atoms with E-state index in [4.69, 9.17) is 16.3 Å². The number of rotatable bonds is 3. The summed E-state index contributed by atoms with van der Waals surface area (Å²) >= 11 is 6.09. The molecule has 1 N–H and O–H groups in total. The predicted molar refractivity (Wildman–Crippen MR) is 79.8 cm³/mol. The zero-order chi connectivity index (χ0) is 13.8. The van der Waals surface area contributed by atoms with E-state index in [0.717, 1.165) is 18.8 Å². The first-order valence-corrected chi connectivity index (χ1v) is 6.88. The quantitative estimate of drug-likeness (QED) is 0.881. The van der Waals surface area contributed by atoms with Gasteiger partial charge in [0, 0.05) is 24.8 Å². The Labute approximate surface area is 122 Å². The average Bonchev–Trinajstić information content (AvgIpc) is 2.49. The Balaban J connectivity index is 1.82. The molecule has 1 fully saturated rings. The van der Waals surface area contributed by atoms with E-state index < -0.39 is 0 Å². The highest BCUT2D eigenvalue weighted by Crippen LogP contribution is 2.21. The van der Waals surface area contributed by atoms with Gasteiger partial charge in [-0.25, -0.2) is 4.98 Å². The van der Waals surface area contributed by atoms with Gasteiger partial charge in [-0.05, 0) is 12.1 Å². The molecule has 3 rings (SSSR count). The molecule has 1 aliphatic rings. The van der Waals surface area contributed by atoms with Crippen LogP contribution in [0.2, 0.25) is 5.15 Å². The van der Waals surface area contributed by atoms with E-state index in [2.05, 4.69) is 20.2 Å². The van der Waals surface area contributed by atoms with Crippen LogP contribution in [0.5, 0.6) is 0 Å². The lowest BCUT2D eigenvalue weighted by Gasteiger charge is -2.27. The molecule has 0 amide bonds. The second kappa shape index (κ2) is 6.07. The summed E-state index contributed by atoms with van der Waals surface area (Å²) in [5.74, 6) is 1.33. The molecule has 5 nitrogen and oxygen atoms in total. The minimum atomic E-state index is 0.430. The Bertz CT molecular complexity index is 573. The van der Waals surface area contributed by atoms with Crippen LogP contribution in [-0.2, 0) is 4.74 Å². The Morgan fingerprint density at radius 2 is 1.85 bits per heavy atom. The maximum atomic E-state index is 6.09. The number of para-hydroxylation sites is 1. The number of benzene rings is 1. The van der Waals surface area contributed by atoms with Gasteiger partial charge in [-0.15, -0.1) is 0 Å². The molecule has 0 radical (unpaired) electrons. The highest BCUT2D eigenvalue weighted by Gasteiger charge is 2.15. The van der Waals surface area contributed by atoms with E-state index in [-0.39, 0.29) is 0 Å². The lowest BCUT2D eigenvalue weighted by molar-refractivity contribution is 0.122. The van der Waals surface area contributed by atoms with Crippen molar-refractivity contribution >= 4 is 29.1 Å². The molecule has 0 saturated carbocycles. The third-order valence-electron chi connectivity index (χ3n) is 3.02. The van der Waals surface area contributed by atoms with Crippen molar-refractivity contribution in [3.8, 4) is 0 Å². The van der Waals surface area contributed by atoms with Crippen LogP contribution < -0.4 is 10.2 Å². The number of hydrogen-bond donors (Lipinski definition) is 1. The van der Waals surface area contributed by atoms with Crippen molar-refractivity contribution in [3.63, 3.8) is 0 Å². The van der Waals surface area contributed by atoms with Crippen LogP contribution in [0, 0.1) is 0 Å². The van der Waals surface area contributed by atoms with E-state index in [1.165, 1.54) is 0 Å². The van der Waals surface area contributed by atoms with Gasteiger partial charge in [0.1, 0.15) is 11.0 Å². The first-order chi connectivity index (χ1) is 9.81. The minimum absolute atomic E-state index is 0.430. The van der Waals surface area contributed by atoms with E-state index in [0.29, 0.717) is 30.1 Å². The normalized spacial score (nSPS) is 15.2. The molecule has 1 aromatic carbocycles. The first kappa shape index (κ1) is 13.1. The fourth-order valence-electron chi connectivity index (χ4n) is 2.04. The van der Waals surface area contributed by atoms with Crippen molar-refractivity contribution in [1.29, 1.82) is 0 Å². The number of morpholine rings is 1. The summed E-state index contributed by atoms with van der Waals surface area (Å²) < 4.78 is 5.33. The van der Waals surface area contributed by atoms with Gasteiger partial charge in [-0.2, -0.15) is 4.98 Å². The van der Waals surface area contributed by atoms with Gasteiger partial charge in [0.15, 0.2) is 0 Å². The predicted octanol–water partition coefficient (Wildman–Crippen LogP) is 2.71. The number of nitrogens with one attached hydrogen (secondary N) is 1. The molecule has 0 spiro atoms. The molecule has 20 heavy (non-hydrogen) atoms. The number of nitrogens with zero attached hydrogens (tertiary/aromatic N) is 3. The van der Waals surface area contributed by atoms with Crippen molar-refractivity contribution in [2.75, 3.05) is 36.5 Å². The second-order valence-electron chi connectivity index (χ2n) is 4.47. The van der Waals surface area contributed by atoms with Crippen LogP contribution in [0.3, 0.4) is 0 Å². The van der Waals surface area contributed by atoms with E-state index in [1.807, 2.05) is 30.3 Å². The molecule has 0 unspecified atom stereocenters. The Morgan fingerprint density at radius 3 is 2.60 bits per heavy atom. The largest absolute Gasteiger partial charge is 0.378 e. The molecule has 0 atom stereocenters. The summed E-state index contributed by atoms with van der Waals surface area (Å²) in [6.45, 7) is 2.95. The highest BCUT2D eigenvalue weighted by atomic mass is 35.5. The molecule has 1 aliphatic heterocycles. The number of ether oxygens (including phenoxy) is 1. The molecule has 1 aromatic heterocycles. The van der Waals surface area contributed by atoms with E-state index in [9.17, 15) is 0 Å². The second-order valence-corrected chi connectivity index (χ2v) is 4.85. The minimum Gasteiger partial charge on any atom is -0.378 e. The van der Waals surface area contributed by atoms with Crippen LogP contribution in [0.25, 0.3) is 0 Å². The summed E-state index contributed by atoms with van der Waals surface area (Å²) in [6.07, 6.45) is 0. The summed E-state index contributed by atoms with van der Waals surface area (Å²) in [5, 5.41) is 3.66. The molecule has 0 aliphatic carbocycles. The molecule has 0 bridgehead atoms. The Morgan fingerprint density at radius 1 is 1.10 bits per heavy atom. The number of aromatic nitrogens is 2. The number of hydrogen-bond acceptors (Lipinski definition) is 5. The Kier molecular flexibility index (Phi) is 3.99. The summed E-state index contributed by atoms with van der Waals surface area (Å²) in [4.78, 5) is 10.9. The maximum Gasteiger partial charge on any atom is 0.228 e. The zero-order valence-electron chi connectivity index (χ0n) is 10.9. The van der Waals surface area contributed by atoms with Crippen LogP contribution in [0.4, 0.5) is 17.5 Å². The lowest BCUT2D eigenvalue weighted by atomic mass is 10.3. The van der Waals surface area contributed by atoms with Crippen molar-refractivity contribution in [2.45, 2.75) is 0 Å².